The number of amides is 1. The lowest BCUT2D eigenvalue weighted by Crippen LogP contribution is -2.55. The number of carbonyl (C=O) groups is 1. The molecule has 6 rings (SSSR count). The number of rotatable bonds is 5. The van der Waals surface area contributed by atoms with Crippen LogP contribution < -0.4 is 5.32 Å². The molecule has 5 nitrogen and oxygen atoms in total. The van der Waals surface area contributed by atoms with Crippen molar-refractivity contribution in [2.75, 3.05) is 13.1 Å². The zero-order valence-electron chi connectivity index (χ0n) is 17.1. The third-order valence-electron chi connectivity index (χ3n) is 7.91. The summed E-state index contributed by atoms with van der Waals surface area (Å²) in [6.07, 6.45) is 10.2. The number of hydrogen-bond acceptors (Lipinski definition) is 3. The smallest absolute Gasteiger partial charge is 0.243 e. The van der Waals surface area contributed by atoms with Gasteiger partial charge in [0.2, 0.25) is 15.9 Å². The monoisotopic (exact) mass is 416 g/mol. The summed E-state index contributed by atoms with van der Waals surface area (Å²) in [5.41, 5.74) is 0.266. The highest BCUT2D eigenvalue weighted by molar-refractivity contribution is 7.89. The number of nitrogens with one attached hydrogen (secondary N) is 1. The van der Waals surface area contributed by atoms with Crippen molar-refractivity contribution in [2.45, 2.75) is 68.7 Å². The van der Waals surface area contributed by atoms with E-state index in [0.29, 0.717) is 13.0 Å². The number of nitrogens with zero attached hydrogens (tertiary/aromatic N) is 1. The topological polar surface area (TPSA) is 66.5 Å². The molecule has 1 heterocycles. The summed E-state index contributed by atoms with van der Waals surface area (Å²) in [5, 5.41) is 3.22. The van der Waals surface area contributed by atoms with Crippen LogP contribution in [0, 0.1) is 23.2 Å². The molecule has 5 aliphatic rings. The quantitative estimate of drug-likeness (QED) is 0.798. The Morgan fingerprint density at radius 3 is 2.24 bits per heavy atom. The maximum Gasteiger partial charge on any atom is 0.243 e. The van der Waals surface area contributed by atoms with Gasteiger partial charge in [-0.1, -0.05) is 24.6 Å². The van der Waals surface area contributed by atoms with Gasteiger partial charge in [0.25, 0.3) is 0 Å². The van der Waals surface area contributed by atoms with Gasteiger partial charge in [-0.2, -0.15) is 4.31 Å². The van der Waals surface area contributed by atoms with Gasteiger partial charge in [0.05, 0.1) is 4.90 Å². The fourth-order valence-electron chi connectivity index (χ4n) is 7.08. The summed E-state index contributed by atoms with van der Waals surface area (Å²) in [7, 11) is -3.65. The highest BCUT2D eigenvalue weighted by atomic mass is 32.2. The third-order valence-corrected chi connectivity index (χ3v) is 9.83. The molecule has 0 radical (unpaired) electrons. The summed E-state index contributed by atoms with van der Waals surface area (Å²) in [5.74, 6) is 2.45. The Morgan fingerprint density at radius 2 is 1.62 bits per heavy atom. The SMILES string of the molecule is O=C(NCC12CC3CC(CC(C3)C1)C2)[C@H]1CCCCN1S(=O)(=O)c1ccccc1. The van der Waals surface area contributed by atoms with E-state index in [9.17, 15) is 13.2 Å². The molecule has 4 bridgehead atoms. The standard InChI is InChI=1S/C23H32N2O3S/c26-22(24-16-23-13-17-10-18(14-23)12-19(11-17)15-23)21-8-4-5-9-25(21)29(27,28)20-6-2-1-3-7-20/h1-3,6-7,17-19,21H,4-5,8-16H2,(H,24,26)/t17?,18?,19?,21-,23?/m1/s1. The molecule has 1 aromatic carbocycles. The van der Waals surface area contributed by atoms with E-state index in [1.807, 2.05) is 6.07 Å². The Kier molecular flexibility index (Phi) is 4.98. The van der Waals surface area contributed by atoms with Gasteiger partial charge < -0.3 is 5.32 Å². The first-order valence-corrected chi connectivity index (χ1v) is 12.7. The molecular formula is C23H32N2O3S. The Hall–Kier alpha value is -1.40. The summed E-state index contributed by atoms with van der Waals surface area (Å²) in [6.45, 7) is 1.15. The van der Waals surface area contributed by atoms with Crippen molar-refractivity contribution in [3.63, 3.8) is 0 Å². The molecule has 0 aromatic heterocycles. The van der Waals surface area contributed by atoms with E-state index in [-0.39, 0.29) is 16.2 Å². The van der Waals surface area contributed by atoms with Gasteiger partial charge in [-0.15, -0.1) is 0 Å². The van der Waals surface area contributed by atoms with Crippen molar-refractivity contribution >= 4 is 15.9 Å². The Balaban J connectivity index is 1.29. The molecule has 0 unspecified atom stereocenters. The summed E-state index contributed by atoms with van der Waals surface area (Å²) < 4.78 is 27.8. The first-order chi connectivity index (χ1) is 14.0. The van der Waals surface area contributed by atoms with E-state index >= 15 is 0 Å². The molecule has 29 heavy (non-hydrogen) atoms. The second kappa shape index (κ2) is 7.38. The van der Waals surface area contributed by atoms with Crippen molar-refractivity contribution in [2.24, 2.45) is 23.2 Å². The van der Waals surface area contributed by atoms with Crippen LogP contribution in [0.15, 0.2) is 35.2 Å². The Labute approximate surface area is 174 Å². The van der Waals surface area contributed by atoms with Crippen LogP contribution in [0.2, 0.25) is 0 Å². The molecule has 158 valence electrons. The first-order valence-electron chi connectivity index (χ1n) is 11.3. The first kappa shape index (κ1) is 19.6. The number of piperidine rings is 1. The maximum atomic E-state index is 13.2. The lowest BCUT2D eigenvalue weighted by atomic mass is 9.49. The average Bonchev–Trinajstić information content (AvgIpc) is 2.72. The van der Waals surface area contributed by atoms with Gasteiger partial charge in [-0.25, -0.2) is 8.42 Å². The minimum atomic E-state index is -3.65. The molecular weight excluding hydrogens is 384 g/mol. The van der Waals surface area contributed by atoms with E-state index in [0.717, 1.165) is 37.1 Å². The molecule has 1 aliphatic heterocycles. The van der Waals surface area contributed by atoms with E-state index in [4.69, 9.17) is 0 Å². The van der Waals surface area contributed by atoms with E-state index < -0.39 is 16.1 Å². The maximum absolute atomic E-state index is 13.2. The van der Waals surface area contributed by atoms with Crippen molar-refractivity contribution in [1.82, 2.24) is 9.62 Å². The lowest BCUT2D eigenvalue weighted by molar-refractivity contribution is -0.127. The average molecular weight is 417 g/mol. The summed E-state index contributed by atoms with van der Waals surface area (Å²) in [4.78, 5) is 13.4. The predicted octanol–water partition coefficient (Wildman–Crippen LogP) is 3.56. The highest BCUT2D eigenvalue weighted by Gasteiger charge is 2.51. The predicted molar refractivity (Wildman–Crippen MR) is 112 cm³/mol. The van der Waals surface area contributed by atoms with Crippen molar-refractivity contribution in [3.05, 3.63) is 30.3 Å². The van der Waals surface area contributed by atoms with Gasteiger partial charge in [-0.05, 0) is 86.7 Å². The van der Waals surface area contributed by atoms with Gasteiger partial charge in [0, 0.05) is 13.1 Å². The largest absolute Gasteiger partial charge is 0.354 e. The van der Waals surface area contributed by atoms with Crippen LogP contribution in [0.3, 0.4) is 0 Å². The molecule has 1 amide bonds. The van der Waals surface area contributed by atoms with Gasteiger partial charge in [0.15, 0.2) is 0 Å². The Bertz CT molecular complexity index is 832. The van der Waals surface area contributed by atoms with Crippen molar-refractivity contribution < 1.29 is 13.2 Å². The fourth-order valence-corrected chi connectivity index (χ4v) is 8.76. The van der Waals surface area contributed by atoms with Gasteiger partial charge >= 0.3 is 0 Å². The zero-order chi connectivity index (χ0) is 20.1. The molecule has 0 spiro atoms. The van der Waals surface area contributed by atoms with E-state index in [2.05, 4.69) is 5.32 Å². The molecule has 5 fully saturated rings. The molecule has 1 saturated heterocycles. The molecule has 1 atom stereocenters. The van der Waals surface area contributed by atoms with Crippen LogP contribution in [0.25, 0.3) is 0 Å². The second-order valence-electron chi connectivity index (χ2n) is 10.1. The molecule has 6 heteroatoms. The van der Waals surface area contributed by atoms with E-state index in [1.54, 1.807) is 24.3 Å². The number of carbonyl (C=O) groups excluding carboxylic acids is 1. The summed E-state index contributed by atoms with van der Waals surface area (Å²) in [6, 6.07) is 7.94. The Morgan fingerprint density at radius 1 is 1.00 bits per heavy atom. The van der Waals surface area contributed by atoms with Crippen LogP contribution in [0.1, 0.15) is 57.8 Å². The van der Waals surface area contributed by atoms with Crippen LogP contribution >= 0.6 is 0 Å². The number of benzene rings is 1. The second-order valence-corrected chi connectivity index (χ2v) is 12.0. The van der Waals surface area contributed by atoms with Crippen LogP contribution in [-0.4, -0.2) is 37.8 Å². The van der Waals surface area contributed by atoms with Crippen LogP contribution in [0.4, 0.5) is 0 Å². The van der Waals surface area contributed by atoms with Gasteiger partial charge in [0.1, 0.15) is 6.04 Å². The fraction of sp³-hybridized carbons (Fsp3) is 0.696. The molecule has 4 aliphatic carbocycles. The lowest BCUT2D eigenvalue weighted by Gasteiger charge is -2.57. The third kappa shape index (κ3) is 3.63. The minimum Gasteiger partial charge on any atom is -0.354 e. The molecule has 1 aromatic rings. The molecule has 4 saturated carbocycles. The number of sulfonamides is 1. The van der Waals surface area contributed by atoms with E-state index in [1.165, 1.54) is 42.8 Å². The van der Waals surface area contributed by atoms with Crippen LogP contribution in [-0.2, 0) is 14.8 Å². The normalized spacial score (nSPS) is 36.8. The summed E-state index contributed by atoms with van der Waals surface area (Å²) >= 11 is 0. The minimum absolute atomic E-state index is 0.0973. The highest BCUT2D eigenvalue weighted by Crippen LogP contribution is 2.59. The van der Waals surface area contributed by atoms with Crippen LogP contribution in [0.5, 0.6) is 0 Å². The zero-order valence-corrected chi connectivity index (χ0v) is 17.9. The number of hydrogen-bond donors (Lipinski definition) is 1. The van der Waals surface area contributed by atoms with Gasteiger partial charge in [-0.3, -0.25) is 4.79 Å². The van der Waals surface area contributed by atoms with Crippen molar-refractivity contribution in [1.29, 1.82) is 0 Å². The molecule has 1 N–H and O–H groups in total. The van der Waals surface area contributed by atoms with Crippen molar-refractivity contribution in [3.8, 4) is 0 Å².